The first-order chi connectivity index (χ1) is 11.7. The summed E-state index contributed by atoms with van der Waals surface area (Å²) in [4.78, 5) is 31.4. The maximum absolute atomic E-state index is 12.7. The lowest BCUT2D eigenvalue weighted by atomic mass is 9.99. The third-order valence-corrected chi connectivity index (χ3v) is 4.70. The molecule has 0 aliphatic carbocycles. The monoisotopic (exact) mass is 321 g/mol. The number of rotatable bonds is 3. The van der Waals surface area contributed by atoms with Crippen LogP contribution in [0.5, 0.6) is 0 Å². The Balaban J connectivity index is 1.47. The van der Waals surface area contributed by atoms with Gasteiger partial charge in [-0.05, 0) is 42.5 Å². The molecule has 1 aromatic heterocycles. The second-order valence-corrected chi connectivity index (χ2v) is 6.44. The van der Waals surface area contributed by atoms with Crippen LogP contribution in [0.15, 0.2) is 53.3 Å². The largest absolute Gasteiger partial charge is 0.338 e. The van der Waals surface area contributed by atoms with E-state index in [0.717, 1.165) is 31.4 Å². The van der Waals surface area contributed by atoms with Gasteiger partial charge in [-0.3, -0.25) is 4.79 Å². The van der Waals surface area contributed by atoms with Crippen molar-refractivity contribution in [3.63, 3.8) is 0 Å². The predicted octanol–water partition coefficient (Wildman–Crippen LogP) is 2.56. The van der Waals surface area contributed by atoms with E-state index in [1.165, 1.54) is 5.56 Å². The number of nitrogens with zero attached hydrogens (tertiary/aromatic N) is 1. The smallest absolute Gasteiger partial charge is 0.323 e. The fourth-order valence-electron chi connectivity index (χ4n) is 3.48. The zero-order chi connectivity index (χ0) is 16.5. The Morgan fingerprint density at radius 1 is 1.08 bits per heavy atom. The molecule has 0 saturated carbocycles. The van der Waals surface area contributed by atoms with Crippen molar-refractivity contribution in [1.82, 2.24) is 14.9 Å². The number of amides is 1. The van der Waals surface area contributed by atoms with Gasteiger partial charge < -0.3 is 14.9 Å². The standard InChI is InChI=1S/C19H19N3O2/c23-18(15-6-7-16-17(11-15)21-19(24)20-16)22-9-8-14(12-22)10-13-4-2-1-3-5-13/h1-7,11,14H,8-10,12H2,(H2,20,21,24). The molecule has 2 aromatic carbocycles. The molecule has 1 aliphatic heterocycles. The number of aromatic nitrogens is 2. The quantitative estimate of drug-likeness (QED) is 0.778. The van der Waals surface area contributed by atoms with Crippen LogP contribution in [-0.4, -0.2) is 33.9 Å². The van der Waals surface area contributed by atoms with E-state index in [1.807, 2.05) is 11.0 Å². The summed E-state index contributed by atoms with van der Waals surface area (Å²) in [7, 11) is 0. The van der Waals surface area contributed by atoms with Gasteiger partial charge in [-0.1, -0.05) is 30.3 Å². The van der Waals surface area contributed by atoms with Crippen LogP contribution in [0.3, 0.4) is 0 Å². The summed E-state index contributed by atoms with van der Waals surface area (Å²) in [6.45, 7) is 1.58. The summed E-state index contributed by atoms with van der Waals surface area (Å²) in [5.74, 6) is 0.543. The van der Waals surface area contributed by atoms with E-state index >= 15 is 0 Å². The SMILES string of the molecule is O=C(c1ccc2[nH]c(=O)[nH]c2c1)N1CCC(Cc2ccccc2)C1. The zero-order valence-corrected chi connectivity index (χ0v) is 13.3. The van der Waals surface area contributed by atoms with E-state index in [0.29, 0.717) is 17.0 Å². The van der Waals surface area contributed by atoms with Crippen LogP contribution in [-0.2, 0) is 6.42 Å². The number of likely N-dealkylation sites (tertiary alicyclic amines) is 1. The van der Waals surface area contributed by atoms with Crippen molar-refractivity contribution in [3.05, 3.63) is 70.1 Å². The number of carbonyl (C=O) groups excluding carboxylic acids is 1. The molecular formula is C19H19N3O2. The van der Waals surface area contributed by atoms with Crippen molar-refractivity contribution in [3.8, 4) is 0 Å². The summed E-state index contributed by atoms with van der Waals surface area (Å²) in [5, 5.41) is 0. The number of carbonyl (C=O) groups is 1. The van der Waals surface area contributed by atoms with E-state index in [-0.39, 0.29) is 11.6 Å². The van der Waals surface area contributed by atoms with Crippen LogP contribution < -0.4 is 5.69 Å². The second kappa shape index (κ2) is 6.00. The van der Waals surface area contributed by atoms with Gasteiger partial charge in [0.2, 0.25) is 0 Å². The van der Waals surface area contributed by atoms with Crippen molar-refractivity contribution < 1.29 is 4.79 Å². The Bertz CT molecular complexity index is 926. The maximum atomic E-state index is 12.7. The lowest BCUT2D eigenvalue weighted by Gasteiger charge is -2.17. The molecular weight excluding hydrogens is 302 g/mol. The van der Waals surface area contributed by atoms with E-state index in [1.54, 1.807) is 18.2 Å². The fraction of sp³-hybridized carbons (Fsp3) is 0.263. The van der Waals surface area contributed by atoms with Crippen molar-refractivity contribution >= 4 is 16.9 Å². The fourth-order valence-corrected chi connectivity index (χ4v) is 3.48. The van der Waals surface area contributed by atoms with E-state index < -0.39 is 0 Å². The highest BCUT2D eigenvalue weighted by atomic mass is 16.2. The van der Waals surface area contributed by atoms with Gasteiger partial charge >= 0.3 is 5.69 Å². The first-order valence-electron chi connectivity index (χ1n) is 8.24. The van der Waals surface area contributed by atoms with Gasteiger partial charge in [0.15, 0.2) is 0 Å². The van der Waals surface area contributed by atoms with Crippen LogP contribution in [0.1, 0.15) is 22.3 Å². The topological polar surface area (TPSA) is 69.0 Å². The molecule has 2 heterocycles. The Kier molecular flexibility index (Phi) is 3.69. The number of H-pyrrole nitrogens is 2. The second-order valence-electron chi connectivity index (χ2n) is 6.44. The van der Waals surface area contributed by atoms with Gasteiger partial charge in [0.05, 0.1) is 11.0 Å². The molecule has 5 nitrogen and oxygen atoms in total. The third-order valence-electron chi connectivity index (χ3n) is 4.70. The van der Waals surface area contributed by atoms with Crippen molar-refractivity contribution in [1.29, 1.82) is 0 Å². The normalized spacial score (nSPS) is 17.5. The van der Waals surface area contributed by atoms with E-state index in [9.17, 15) is 9.59 Å². The summed E-state index contributed by atoms with van der Waals surface area (Å²) >= 11 is 0. The molecule has 5 heteroatoms. The number of nitrogens with one attached hydrogen (secondary N) is 2. The van der Waals surface area contributed by atoms with E-state index in [2.05, 4.69) is 34.2 Å². The molecule has 1 saturated heterocycles. The summed E-state index contributed by atoms with van der Waals surface area (Å²) in [6.07, 6.45) is 2.04. The van der Waals surface area contributed by atoms with Crippen molar-refractivity contribution in [2.45, 2.75) is 12.8 Å². The minimum absolute atomic E-state index is 0.0366. The molecule has 122 valence electrons. The summed E-state index contributed by atoms with van der Waals surface area (Å²) in [5.41, 5.74) is 3.09. The van der Waals surface area contributed by atoms with Crippen LogP contribution >= 0.6 is 0 Å². The summed E-state index contributed by atoms with van der Waals surface area (Å²) < 4.78 is 0. The van der Waals surface area contributed by atoms with Gasteiger partial charge in [-0.2, -0.15) is 0 Å². The van der Waals surface area contributed by atoms with Gasteiger partial charge in [-0.15, -0.1) is 0 Å². The Morgan fingerprint density at radius 2 is 1.88 bits per heavy atom. The lowest BCUT2D eigenvalue weighted by Crippen LogP contribution is -2.28. The number of hydrogen-bond donors (Lipinski definition) is 2. The highest BCUT2D eigenvalue weighted by molar-refractivity contribution is 5.97. The van der Waals surface area contributed by atoms with Crippen LogP contribution in [0.2, 0.25) is 0 Å². The number of imidazole rings is 1. The third kappa shape index (κ3) is 2.85. The van der Waals surface area contributed by atoms with Crippen LogP contribution in [0, 0.1) is 5.92 Å². The molecule has 1 unspecified atom stereocenters. The number of hydrogen-bond acceptors (Lipinski definition) is 2. The molecule has 1 fully saturated rings. The van der Waals surface area contributed by atoms with Gasteiger partial charge in [0, 0.05) is 18.7 Å². The number of benzene rings is 2. The molecule has 1 amide bonds. The van der Waals surface area contributed by atoms with Gasteiger partial charge in [0.25, 0.3) is 5.91 Å². The Labute approximate surface area is 139 Å². The Hall–Kier alpha value is -2.82. The molecule has 1 aliphatic rings. The minimum Gasteiger partial charge on any atom is -0.338 e. The zero-order valence-electron chi connectivity index (χ0n) is 13.3. The number of fused-ring (bicyclic) bond motifs is 1. The molecule has 1 atom stereocenters. The highest BCUT2D eigenvalue weighted by Gasteiger charge is 2.27. The Morgan fingerprint density at radius 3 is 2.71 bits per heavy atom. The highest BCUT2D eigenvalue weighted by Crippen LogP contribution is 2.23. The van der Waals surface area contributed by atoms with Crippen LogP contribution in [0.25, 0.3) is 11.0 Å². The predicted molar refractivity (Wildman–Crippen MR) is 93.1 cm³/mol. The maximum Gasteiger partial charge on any atom is 0.323 e. The average Bonchev–Trinajstić information content (AvgIpc) is 3.20. The molecule has 0 radical (unpaired) electrons. The van der Waals surface area contributed by atoms with Gasteiger partial charge in [-0.25, -0.2) is 4.79 Å². The van der Waals surface area contributed by atoms with E-state index in [4.69, 9.17) is 0 Å². The average molecular weight is 321 g/mol. The molecule has 3 aromatic rings. The van der Waals surface area contributed by atoms with Crippen molar-refractivity contribution in [2.75, 3.05) is 13.1 Å². The molecule has 4 rings (SSSR count). The number of aromatic amines is 2. The molecule has 0 spiro atoms. The molecule has 0 bridgehead atoms. The van der Waals surface area contributed by atoms with Crippen LogP contribution in [0.4, 0.5) is 0 Å². The molecule has 24 heavy (non-hydrogen) atoms. The van der Waals surface area contributed by atoms with Gasteiger partial charge in [0.1, 0.15) is 0 Å². The first kappa shape index (κ1) is 14.8. The lowest BCUT2D eigenvalue weighted by molar-refractivity contribution is 0.0787. The molecule has 2 N–H and O–H groups in total. The summed E-state index contributed by atoms with van der Waals surface area (Å²) in [6, 6.07) is 15.7. The minimum atomic E-state index is -0.251. The van der Waals surface area contributed by atoms with Crippen molar-refractivity contribution in [2.24, 2.45) is 5.92 Å². The first-order valence-corrected chi connectivity index (χ1v) is 8.24.